The van der Waals surface area contributed by atoms with Crippen molar-refractivity contribution in [3.8, 4) is 0 Å². The number of nitrogens with one attached hydrogen (secondary N) is 1. The van der Waals surface area contributed by atoms with Gasteiger partial charge in [0.15, 0.2) is 0 Å². The molecule has 3 aliphatic carbocycles. The van der Waals surface area contributed by atoms with Gasteiger partial charge in [-0.1, -0.05) is 12.2 Å². The van der Waals surface area contributed by atoms with Gasteiger partial charge in [-0.05, 0) is 61.2 Å². The van der Waals surface area contributed by atoms with Gasteiger partial charge in [-0.15, -0.1) is 0 Å². The van der Waals surface area contributed by atoms with E-state index < -0.39 is 0 Å². The Morgan fingerprint density at radius 2 is 1.91 bits per heavy atom. The average Bonchev–Trinajstić information content (AvgIpc) is 3.20. The summed E-state index contributed by atoms with van der Waals surface area (Å²) in [5, 5.41) is 3.62. The molecule has 5 unspecified atom stereocenters. The van der Waals surface area contributed by atoms with Crippen molar-refractivity contribution >= 4 is 5.91 Å². The van der Waals surface area contributed by atoms with Crippen molar-refractivity contribution in [2.24, 2.45) is 29.4 Å². The lowest BCUT2D eigenvalue weighted by Crippen LogP contribution is -2.45. The Balaban J connectivity index is 1.49. The fourth-order valence-electron chi connectivity index (χ4n) is 5.84. The topological polar surface area (TPSA) is 58.4 Å². The molecule has 5 aliphatic rings. The predicted molar refractivity (Wildman–Crippen MR) is 89.0 cm³/mol. The maximum atomic E-state index is 11.7. The number of hydrogen-bond donors (Lipinski definition) is 2. The van der Waals surface area contributed by atoms with E-state index >= 15 is 0 Å². The molecule has 3 N–H and O–H groups in total. The summed E-state index contributed by atoms with van der Waals surface area (Å²) in [5.74, 6) is 1.65. The van der Waals surface area contributed by atoms with Crippen LogP contribution < -0.4 is 11.1 Å². The van der Waals surface area contributed by atoms with Crippen LogP contribution in [0.4, 0.5) is 0 Å². The van der Waals surface area contributed by atoms with Crippen LogP contribution in [-0.4, -0.2) is 30.1 Å². The maximum absolute atomic E-state index is 11.7. The van der Waals surface area contributed by atoms with Gasteiger partial charge >= 0.3 is 0 Å². The van der Waals surface area contributed by atoms with Gasteiger partial charge in [-0.3, -0.25) is 10.1 Å². The molecule has 122 valence electrons. The van der Waals surface area contributed by atoms with Crippen LogP contribution in [0.5, 0.6) is 0 Å². The number of carbonyl (C=O) groups excluding carboxylic acids is 1. The summed E-state index contributed by atoms with van der Waals surface area (Å²) in [6, 6.07) is 0. The van der Waals surface area contributed by atoms with Crippen molar-refractivity contribution < 1.29 is 4.79 Å². The minimum atomic E-state index is -0.115. The molecule has 3 fully saturated rings. The Morgan fingerprint density at radius 3 is 2.78 bits per heavy atom. The van der Waals surface area contributed by atoms with Gasteiger partial charge in [0, 0.05) is 30.6 Å². The van der Waals surface area contributed by atoms with Crippen molar-refractivity contribution in [2.45, 2.75) is 38.3 Å². The van der Waals surface area contributed by atoms with Crippen molar-refractivity contribution in [2.75, 3.05) is 13.1 Å². The highest BCUT2D eigenvalue weighted by Gasteiger charge is 2.46. The third-order valence-corrected chi connectivity index (χ3v) is 6.85. The molecule has 2 saturated heterocycles. The monoisotopic (exact) mass is 311 g/mol. The van der Waals surface area contributed by atoms with E-state index in [0.717, 1.165) is 25.9 Å². The Kier molecular flexibility index (Phi) is 2.99. The SMILES string of the molecule is NC(=O)C1CC=C2C3=CC=C4C(CCC5NCCN45)C3CCC21. The molecule has 0 radical (unpaired) electrons. The molecule has 1 amide bonds. The largest absolute Gasteiger partial charge is 0.369 e. The number of amides is 1. The molecule has 1 saturated carbocycles. The van der Waals surface area contributed by atoms with E-state index in [9.17, 15) is 4.79 Å². The number of nitrogens with zero attached hydrogens (tertiary/aromatic N) is 1. The summed E-state index contributed by atoms with van der Waals surface area (Å²) >= 11 is 0. The zero-order valence-corrected chi connectivity index (χ0v) is 13.5. The van der Waals surface area contributed by atoms with Crippen LogP contribution in [0.1, 0.15) is 32.1 Å². The first-order chi connectivity index (χ1) is 11.2. The first-order valence-electron chi connectivity index (χ1n) is 9.15. The third-order valence-electron chi connectivity index (χ3n) is 6.85. The Morgan fingerprint density at radius 1 is 1.09 bits per heavy atom. The highest BCUT2D eigenvalue weighted by atomic mass is 16.1. The maximum Gasteiger partial charge on any atom is 0.221 e. The van der Waals surface area contributed by atoms with Crippen molar-refractivity contribution in [3.63, 3.8) is 0 Å². The van der Waals surface area contributed by atoms with Gasteiger partial charge in [0.05, 0.1) is 6.17 Å². The van der Waals surface area contributed by atoms with E-state index in [4.69, 9.17) is 5.73 Å². The van der Waals surface area contributed by atoms with Gasteiger partial charge in [0.2, 0.25) is 5.91 Å². The highest BCUT2D eigenvalue weighted by molar-refractivity contribution is 5.79. The molecule has 0 spiro atoms. The highest BCUT2D eigenvalue weighted by Crippen LogP contribution is 2.53. The normalized spacial score (nSPS) is 41.1. The summed E-state index contributed by atoms with van der Waals surface area (Å²) in [7, 11) is 0. The Hall–Kier alpha value is -1.55. The standard InChI is InChI=1S/C19H25N3O/c20-19(23)16-4-3-11-12-5-7-17-15(13(12)1-2-14(11)16)6-8-18-21-9-10-22(17)18/h3,5,7,13-16,18,21H,1-2,4,6,8-10H2,(H2,20,23). The molecule has 0 aromatic heterocycles. The number of allylic oxidation sites excluding steroid dienone is 6. The first kappa shape index (κ1) is 13.8. The third kappa shape index (κ3) is 1.90. The molecular formula is C19H25N3O. The zero-order valence-electron chi connectivity index (χ0n) is 13.5. The van der Waals surface area contributed by atoms with Crippen molar-refractivity contribution in [1.29, 1.82) is 0 Å². The van der Waals surface area contributed by atoms with Crippen LogP contribution in [-0.2, 0) is 4.79 Å². The van der Waals surface area contributed by atoms with Crippen LogP contribution in [0.15, 0.2) is 35.1 Å². The van der Waals surface area contributed by atoms with Crippen molar-refractivity contribution in [3.05, 3.63) is 35.1 Å². The molecule has 2 aliphatic heterocycles. The minimum absolute atomic E-state index is 0.0377. The van der Waals surface area contributed by atoms with E-state index in [1.165, 1.54) is 30.4 Å². The molecule has 0 bridgehead atoms. The minimum Gasteiger partial charge on any atom is -0.369 e. The van der Waals surface area contributed by atoms with Gasteiger partial charge < -0.3 is 10.6 Å². The lowest BCUT2D eigenvalue weighted by Gasteiger charge is -2.47. The van der Waals surface area contributed by atoms with Gasteiger partial charge in [0.25, 0.3) is 0 Å². The van der Waals surface area contributed by atoms with Gasteiger partial charge in [-0.25, -0.2) is 0 Å². The fourth-order valence-corrected chi connectivity index (χ4v) is 5.84. The molecule has 5 rings (SSSR count). The smallest absolute Gasteiger partial charge is 0.221 e. The van der Waals surface area contributed by atoms with E-state index in [-0.39, 0.29) is 11.8 Å². The number of nitrogens with two attached hydrogens (primary N) is 1. The van der Waals surface area contributed by atoms with E-state index in [0.29, 0.717) is 23.9 Å². The second kappa shape index (κ2) is 4.97. The molecule has 4 heteroatoms. The summed E-state index contributed by atoms with van der Waals surface area (Å²) in [6.07, 6.45) is 13.3. The van der Waals surface area contributed by atoms with Crippen LogP contribution in [0.2, 0.25) is 0 Å². The predicted octanol–water partition coefficient (Wildman–Crippen LogP) is 1.91. The van der Waals surface area contributed by atoms with Crippen LogP contribution >= 0.6 is 0 Å². The van der Waals surface area contributed by atoms with E-state index in [2.05, 4.69) is 28.4 Å². The molecule has 5 atom stereocenters. The number of carbonyl (C=O) groups is 1. The van der Waals surface area contributed by atoms with Crippen LogP contribution in [0, 0.1) is 23.7 Å². The Labute approximate surface area is 137 Å². The average molecular weight is 311 g/mol. The van der Waals surface area contributed by atoms with Crippen molar-refractivity contribution in [1.82, 2.24) is 10.2 Å². The number of fused-ring (bicyclic) bond motifs is 7. The van der Waals surface area contributed by atoms with Gasteiger partial charge in [0.1, 0.15) is 0 Å². The van der Waals surface area contributed by atoms with Crippen LogP contribution in [0.25, 0.3) is 0 Å². The lowest BCUT2D eigenvalue weighted by atomic mass is 9.64. The summed E-state index contributed by atoms with van der Waals surface area (Å²) in [6.45, 7) is 2.27. The lowest BCUT2D eigenvalue weighted by molar-refractivity contribution is -0.122. The van der Waals surface area contributed by atoms with Crippen LogP contribution in [0.3, 0.4) is 0 Å². The van der Waals surface area contributed by atoms with Gasteiger partial charge in [-0.2, -0.15) is 0 Å². The summed E-state index contributed by atoms with van der Waals surface area (Å²) in [5.41, 5.74) is 10.1. The number of hydrogen-bond acceptors (Lipinski definition) is 3. The quantitative estimate of drug-likeness (QED) is 0.778. The molecular weight excluding hydrogens is 286 g/mol. The Bertz CT molecular complexity index is 647. The molecule has 2 heterocycles. The molecule has 23 heavy (non-hydrogen) atoms. The summed E-state index contributed by atoms with van der Waals surface area (Å²) in [4.78, 5) is 14.3. The van der Waals surface area contributed by atoms with E-state index in [1.807, 2.05) is 0 Å². The zero-order chi connectivity index (χ0) is 15.6. The second-order valence-corrected chi connectivity index (χ2v) is 7.76. The van der Waals surface area contributed by atoms with E-state index in [1.54, 1.807) is 5.70 Å². The molecule has 0 aromatic rings. The molecule has 4 nitrogen and oxygen atoms in total. The number of primary amides is 1. The molecule has 0 aromatic carbocycles. The second-order valence-electron chi connectivity index (χ2n) is 7.76. The number of rotatable bonds is 1. The summed E-state index contributed by atoms with van der Waals surface area (Å²) < 4.78 is 0. The number of piperidine rings is 1. The fraction of sp³-hybridized carbons (Fsp3) is 0.632. The first-order valence-corrected chi connectivity index (χ1v) is 9.15.